The van der Waals surface area contributed by atoms with Crippen molar-refractivity contribution in [3.8, 4) is 0 Å². The zero-order valence-corrected chi connectivity index (χ0v) is 9.34. The maximum Gasteiger partial charge on any atom is 0.0640 e. The summed E-state index contributed by atoms with van der Waals surface area (Å²) in [6.45, 7) is 10.5. The summed E-state index contributed by atoms with van der Waals surface area (Å²) in [6, 6.07) is 0. The van der Waals surface area contributed by atoms with Crippen molar-refractivity contribution in [2.45, 2.75) is 46.6 Å². The zero-order chi connectivity index (χ0) is 9.64. The van der Waals surface area contributed by atoms with E-state index in [4.69, 9.17) is 4.74 Å². The molecule has 0 spiro atoms. The maximum atomic E-state index is 5.89. The van der Waals surface area contributed by atoms with E-state index in [2.05, 4.69) is 27.7 Å². The first-order chi connectivity index (χ1) is 6.10. The normalized spacial score (nSPS) is 36.5. The van der Waals surface area contributed by atoms with Crippen molar-refractivity contribution >= 4 is 0 Å². The van der Waals surface area contributed by atoms with Crippen molar-refractivity contribution in [3.05, 3.63) is 0 Å². The molecular formula is C12H22O. The topological polar surface area (TPSA) is 9.23 Å². The molecule has 2 atom stereocenters. The first kappa shape index (κ1) is 9.51. The Morgan fingerprint density at radius 1 is 1.08 bits per heavy atom. The summed E-state index contributed by atoms with van der Waals surface area (Å²) in [6.07, 6.45) is 3.28. The van der Waals surface area contributed by atoms with Crippen LogP contribution in [0.1, 0.15) is 40.5 Å². The summed E-state index contributed by atoms with van der Waals surface area (Å²) >= 11 is 0. The maximum absolute atomic E-state index is 5.89. The average Bonchev–Trinajstić information content (AvgIpc) is 2.57. The zero-order valence-electron chi connectivity index (χ0n) is 9.34. The van der Waals surface area contributed by atoms with Crippen LogP contribution in [0.5, 0.6) is 0 Å². The fraction of sp³-hybridized carbons (Fsp3) is 1.00. The Kier molecular flexibility index (Phi) is 2.18. The molecule has 2 bridgehead atoms. The summed E-state index contributed by atoms with van der Waals surface area (Å²) in [7, 11) is 0. The van der Waals surface area contributed by atoms with Gasteiger partial charge in [0.25, 0.3) is 0 Å². The van der Waals surface area contributed by atoms with Gasteiger partial charge in [-0.25, -0.2) is 0 Å². The molecule has 0 aromatic carbocycles. The Morgan fingerprint density at radius 3 is 1.85 bits per heavy atom. The second-order valence-corrected chi connectivity index (χ2v) is 5.41. The lowest BCUT2D eigenvalue weighted by Crippen LogP contribution is -2.40. The van der Waals surface area contributed by atoms with Gasteiger partial charge in [-0.3, -0.25) is 0 Å². The molecule has 1 nitrogen and oxygen atoms in total. The van der Waals surface area contributed by atoms with Crippen LogP contribution in [0.15, 0.2) is 0 Å². The fourth-order valence-electron chi connectivity index (χ4n) is 4.16. The van der Waals surface area contributed by atoms with E-state index in [1.54, 1.807) is 0 Å². The minimum atomic E-state index is 0.500. The standard InChI is InChI=1S/C12H22O/c1-8(2)12(9(3)4)10-5-6-11(12)13-7-10/h8-11H,5-7H2,1-4H3. The lowest BCUT2D eigenvalue weighted by molar-refractivity contribution is 0.00361. The summed E-state index contributed by atoms with van der Waals surface area (Å²) in [4.78, 5) is 0. The molecule has 1 aliphatic heterocycles. The van der Waals surface area contributed by atoms with Crippen molar-refractivity contribution in [2.24, 2.45) is 23.2 Å². The highest BCUT2D eigenvalue weighted by molar-refractivity contribution is 5.06. The molecule has 0 aromatic rings. The van der Waals surface area contributed by atoms with Gasteiger partial charge < -0.3 is 4.74 Å². The Hall–Kier alpha value is -0.0400. The molecule has 13 heavy (non-hydrogen) atoms. The third-order valence-electron chi connectivity index (χ3n) is 4.54. The van der Waals surface area contributed by atoms with Gasteiger partial charge in [0.05, 0.1) is 12.7 Å². The van der Waals surface area contributed by atoms with Crippen molar-refractivity contribution in [1.82, 2.24) is 0 Å². The van der Waals surface area contributed by atoms with Gasteiger partial charge in [0.2, 0.25) is 0 Å². The third kappa shape index (κ3) is 1.03. The molecule has 0 radical (unpaired) electrons. The highest BCUT2D eigenvalue weighted by Gasteiger charge is 2.58. The van der Waals surface area contributed by atoms with E-state index in [-0.39, 0.29) is 0 Å². The molecule has 2 fully saturated rings. The van der Waals surface area contributed by atoms with Crippen LogP contribution in [0, 0.1) is 23.2 Å². The number of hydrogen-bond acceptors (Lipinski definition) is 1. The quantitative estimate of drug-likeness (QED) is 0.637. The Bertz CT molecular complexity index is 165. The Labute approximate surface area is 81.9 Å². The van der Waals surface area contributed by atoms with Crippen molar-refractivity contribution < 1.29 is 4.74 Å². The molecule has 76 valence electrons. The molecule has 0 aromatic heterocycles. The van der Waals surface area contributed by atoms with Gasteiger partial charge >= 0.3 is 0 Å². The summed E-state index contributed by atoms with van der Waals surface area (Å²) in [5.41, 5.74) is 0.500. The molecular weight excluding hydrogens is 160 g/mol. The molecule has 1 heterocycles. The molecule has 0 N–H and O–H groups in total. The second-order valence-electron chi connectivity index (χ2n) is 5.41. The molecule has 2 unspecified atom stereocenters. The monoisotopic (exact) mass is 182 g/mol. The van der Waals surface area contributed by atoms with Gasteiger partial charge in [0, 0.05) is 5.41 Å². The Balaban J connectivity index is 2.33. The van der Waals surface area contributed by atoms with Gasteiger partial charge in [-0.2, -0.15) is 0 Å². The number of rotatable bonds is 2. The van der Waals surface area contributed by atoms with Crippen LogP contribution >= 0.6 is 0 Å². The molecule has 1 saturated carbocycles. The van der Waals surface area contributed by atoms with Crippen LogP contribution in [0.3, 0.4) is 0 Å². The lowest BCUT2D eigenvalue weighted by atomic mass is 9.63. The largest absolute Gasteiger partial charge is 0.377 e. The van der Waals surface area contributed by atoms with Crippen LogP contribution in [0.25, 0.3) is 0 Å². The van der Waals surface area contributed by atoms with Crippen LogP contribution in [-0.4, -0.2) is 12.7 Å². The minimum Gasteiger partial charge on any atom is -0.377 e. The predicted octanol–water partition coefficient (Wildman–Crippen LogP) is 3.09. The highest BCUT2D eigenvalue weighted by Crippen LogP contribution is 2.58. The van der Waals surface area contributed by atoms with Crippen LogP contribution in [-0.2, 0) is 4.74 Å². The van der Waals surface area contributed by atoms with Crippen molar-refractivity contribution in [1.29, 1.82) is 0 Å². The van der Waals surface area contributed by atoms with E-state index in [1.807, 2.05) is 0 Å². The SMILES string of the molecule is CC(C)C1(C(C)C)C2CCC1OC2. The van der Waals surface area contributed by atoms with Crippen molar-refractivity contribution in [2.75, 3.05) is 6.61 Å². The van der Waals surface area contributed by atoms with Gasteiger partial charge in [-0.05, 0) is 30.6 Å². The smallest absolute Gasteiger partial charge is 0.0640 e. The van der Waals surface area contributed by atoms with E-state index in [0.717, 1.165) is 24.4 Å². The summed E-state index contributed by atoms with van der Waals surface area (Å²) in [5, 5.41) is 0. The first-order valence-electron chi connectivity index (χ1n) is 5.71. The predicted molar refractivity (Wildman–Crippen MR) is 54.6 cm³/mol. The fourth-order valence-corrected chi connectivity index (χ4v) is 4.16. The summed E-state index contributed by atoms with van der Waals surface area (Å²) < 4.78 is 5.89. The Morgan fingerprint density at radius 2 is 1.69 bits per heavy atom. The average molecular weight is 182 g/mol. The van der Waals surface area contributed by atoms with E-state index in [1.165, 1.54) is 12.8 Å². The number of ether oxygens (including phenoxy) is 1. The lowest BCUT2D eigenvalue weighted by Gasteiger charge is -2.41. The molecule has 1 aliphatic carbocycles. The number of fused-ring (bicyclic) bond motifs is 2. The molecule has 2 aliphatic rings. The minimum absolute atomic E-state index is 0.500. The second kappa shape index (κ2) is 2.98. The van der Waals surface area contributed by atoms with Crippen LogP contribution < -0.4 is 0 Å². The van der Waals surface area contributed by atoms with Crippen LogP contribution in [0.2, 0.25) is 0 Å². The van der Waals surface area contributed by atoms with E-state index in [0.29, 0.717) is 11.5 Å². The van der Waals surface area contributed by atoms with Gasteiger partial charge in [0.1, 0.15) is 0 Å². The van der Waals surface area contributed by atoms with Gasteiger partial charge in [0.15, 0.2) is 0 Å². The molecule has 0 amide bonds. The summed E-state index contributed by atoms with van der Waals surface area (Å²) in [5.74, 6) is 2.39. The third-order valence-corrected chi connectivity index (χ3v) is 4.54. The van der Waals surface area contributed by atoms with Crippen molar-refractivity contribution in [3.63, 3.8) is 0 Å². The first-order valence-corrected chi connectivity index (χ1v) is 5.71. The highest BCUT2D eigenvalue weighted by atomic mass is 16.5. The van der Waals surface area contributed by atoms with Gasteiger partial charge in [-0.1, -0.05) is 27.7 Å². The van der Waals surface area contributed by atoms with E-state index < -0.39 is 0 Å². The van der Waals surface area contributed by atoms with Crippen LogP contribution in [0.4, 0.5) is 0 Å². The molecule has 2 rings (SSSR count). The molecule has 1 heteroatoms. The number of hydrogen-bond donors (Lipinski definition) is 0. The molecule has 1 saturated heterocycles. The van der Waals surface area contributed by atoms with E-state index in [9.17, 15) is 0 Å². The van der Waals surface area contributed by atoms with E-state index >= 15 is 0 Å². The van der Waals surface area contributed by atoms with Gasteiger partial charge in [-0.15, -0.1) is 0 Å².